The van der Waals surface area contributed by atoms with Crippen LogP contribution in [0, 0.1) is 0 Å². The monoisotopic (exact) mass is 888 g/mol. The van der Waals surface area contributed by atoms with E-state index in [1.807, 2.05) is 0 Å². The standard InChI is InChI=1S/C58H113NO4/c1-3-5-7-9-11-13-15-17-19-21-23-24-25-26-27-28-29-30-31-32-33-35-37-39-41-43-45-47-49-51-53-57(62)58(63)59-55(54-60)56(61)52-50-48-46-44-42-40-38-36-34-22-20-18-16-14-12-10-8-6-4-2/h23-24,26-27,55-57,60-62H,3-22,25,28-54H2,1-2H3,(H,59,63)/b24-23-,27-26-. The van der Waals surface area contributed by atoms with E-state index in [1.54, 1.807) is 0 Å². The van der Waals surface area contributed by atoms with Crippen molar-refractivity contribution in [3.63, 3.8) is 0 Å². The summed E-state index contributed by atoms with van der Waals surface area (Å²) in [5.41, 5.74) is 0. The van der Waals surface area contributed by atoms with Gasteiger partial charge in [-0.2, -0.15) is 0 Å². The lowest BCUT2D eigenvalue weighted by molar-refractivity contribution is -0.131. The fourth-order valence-corrected chi connectivity index (χ4v) is 9.11. The van der Waals surface area contributed by atoms with Gasteiger partial charge in [0.2, 0.25) is 5.91 Å². The molecule has 63 heavy (non-hydrogen) atoms. The van der Waals surface area contributed by atoms with Crippen molar-refractivity contribution in [2.75, 3.05) is 6.61 Å². The fourth-order valence-electron chi connectivity index (χ4n) is 9.11. The SMILES string of the molecule is CCCCCCCCCCC/C=C\C/C=C\CCCCCCCCCCCCCCCCC(O)C(=O)NC(CO)C(O)CCCCCCCCCCCCCCCCCCCCC. The second-order valence-corrected chi connectivity index (χ2v) is 19.9. The van der Waals surface area contributed by atoms with E-state index in [0.29, 0.717) is 12.8 Å². The van der Waals surface area contributed by atoms with Gasteiger partial charge in [0.1, 0.15) is 6.10 Å². The first-order chi connectivity index (χ1) is 31.1. The van der Waals surface area contributed by atoms with E-state index in [9.17, 15) is 20.1 Å². The highest BCUT2D eigenvalue weighted by molar-refractivity contribution is 5.80. The summed E-state index contributed by atoms with van der Waals surface area (Å²) in [5, 5.41) is 33.6. The molecule has 0 aliphatic carbocycles. The van der Waals surface area contributed by atoms with E-state index < -0.39 is 24.2 Å². The topological polar surface area (TPSA) is 89.8 Å². The van der Waals surface area contributed by atoms with Gasteiger partial charge in [0.15, 0.2) is 0 Å². The van der Waals surface area contributed by atoms with Gasteiger partial charge in [0.05, 0.1) is 18.8 Å². The summed E-state index contributed by atoms with van der Waals surface area (Å²) >= 11 is 0. The van der Waals surface area contributed by atoms with Crippen molar-refractivity contribution in [1.29, 1.82) is 0 Å². The molecule has 3 unspecified atom stereocenters. The second kappa shape index (κ2) is 53.4. The molecule has 0 aromatic heterocycles. The average molecular weight is 889 g/mol. The molecule has 0 saturated carbocycles. The lowest BCUT2D eigenvalue weighted by atomic mass is 10.0. The van der Waals surface area contributed by atoms with E-state index in [4.69, 9.17) is 0 Å². The zero-order valence-electron chi connectivity index (χ0n) is 42.7. The summed E-state index contributed by atoms with van der Waals surface area (Å²) in [6.45, 7) is 4.26. The van der Waals surface area contributed by atoms with Gasteiger partial charge >= 0.3 is 0 Å². The molecular weight excluding hydrogens is 775 g/mol. The Hall–Kier alpha value is -1.17. The highest BCUT2D eigenvalue weighted by Gasteiger charge is 2.23. The summed E-state index contributed by atoms with van der Waals surface area (Å²) < 4.78 is 0. The van der Waals surface area contributed by atoms with E-state index >= 15 is 0 Å². The molecule has 3 atom stereocenters. The third-order valence-electron chi connectivity index (χ3n) is 13.6. The summed E-state index contributed by atoms with van der Waals surface area (Å²) in [7, 11) is 0. The van der Waals surface area contributed by atoms with Crippen LogP contribution in [-0.4, -0.2) is 46.1 Å². The van der Waals surface area contributed by atoms with Crippen molar-refractivity contribution in [1.82, 2.24) is 5.32 Å². The van der Waals surface area contributed by atoms with Crippen molar-refractivity contribution >= 4 is 5.91 Å². The number of carbonyl (C=O) groups excluding carboxylic acids is 1. The van der Waals surface area contributed by atoms with Crippen LogP contribution in [0.2, 0.25) is 0 Å². The first-order valence-corrected chi connectivity index (χ1v) is 28.6. The Balaban J connectivity index is 3.52. The van der Waals surface area contributed by atoms with Crippen molar-refractivity contribution < 1.29 is 20.1 Å². The summed E-state index contributed by atoms with van der Waals surface area (Å²) in [5.74, 6) is -0.466. The molecule has 0 spiro atoms. The molecule has 0 aromatic carbocycles. The molecule has 0 radical (unpaired) electrons. The molecule has 0 saturated heterocycles. The van der Waals surface area contributed by atoms with Gasteiger partial charge in [-0.3, -0.25) is 4.79 Å². The molecule has 0 aliphatic heterocycles. The lowest BCUT2D eigenvalue weighted by Crippen LogP contribution is -2.49. The molecule has 0 aromatic rings. The molecule has 0 bridgehead atoms. The fraction of sp³-hybridized carbons (Fsp3) is 0.914. The number of hydrogen-bond acceptors (Lipinski definition) is 4. The number of unbranched alkanes of at least 4 members (excludes halogenated alkanes) is 41. The highest BCUT2D eigenvalue weighted by Crippen LogP contribution is 2.18. The Kier molecular flexibility index (Phi) is 52.5. The predicted molar refractivity (Wildman–Crippen MR) is 278 cm³/mol. The molecular formula is C58H113NO4. The normalized spacial score (nSPS) is 13.4. The summed E-state index contributed by atoms with van der Waals surface area (Å²) in [6, 6.07) is -0.711. The number of aliphatic hydroxyl groups excluding tert-OH is 3. The Morgan fingerprint density at radius 3 is 0.952 bits per heavy atom. The second-order valence-electron chi connectivity index (χ2n) is 19.9. The minimum atomic E-state index is -1.07. The first-order valence-electron chi connectivity index (χ1n) is 28.6. The van der Waals surface area contributed by atoms with Gasteiger partial charge in [-0.25, -0.2) is 0 Å². The van der Waals surface area contributed by atoms with E-state index in [2.05, 4.69) is 43.5 Å². The van der Waals surface area contributed by atoms with Crippen LogP contribution in [0.15, 0.2) is 24.3 Å². The van der Waals surface area contributed by atoms with Crippen LogP contribution in [-0.2, 0) is 4.79 Å². The number of hydrogen-bond donors (Lipinski definition) is 4. The van der Waals surface area contributed by atoms with Crippen LogP contribution >= 0.6 is 0 Å². The number of rotatable bonds is 53. The van der Waals surface area contributed by atoms with Crippen molar-refractivity contribution in [2.45, 2.75) is 334 Å². The van der Waals surface area contributed by atoms with Crippen molar-refractivity contribution in [2.24, 2.45) is 0 Å². The Morgan fingerprint density at radius 2 is 0.651 bits per heavy atom. The number of nitrogens with one attached hydrogen (secondary N) is 1. The Morgan fingerprint density at radius 1 is 0.381 bits per heavy atom. The summed E-state index contributed by atoms with van der Waals surface area (Å²) in [4.78, 5) is 12.6. The van der Waals surface area contributed by atoms with Crippen molar-refractivity contribution in [3.05, 3.63) is 24.3 Å². The average Bonchev–Trinajstić information content (AvgIpc) is 3.29. The van der Waals surface area contributed by atoms with Crippen LogP contribution in [0.1, 0.15) is 316 Å². The molecule has 0 heterocycles. The maximum absolute atomic E-state index is 12.6. The van der Waals surface area contributed by atoms with E-state index in [0.717, 1.165) is 38.5 Å². The Labute approximate surface area is 394 Å². The van der Waals surface area contributed by atoms with Gasteiger partial charge in [0, 0.05) is 0 Å². The smallest absolute Gasteiger partial charge is 0.249 e. The molecule has 4 N–H and O–H groups in total. The minimum absolute atomic E-state index is 0.311. The van der Waals surface area contributed by atoms with Crippen LogP contribution in [0.25, 0.3) is 0 Å². The maximum Gasteiger partial charge on any atom is 0.249 e. The number of carbonyl (C=O) groups is 1. The van der Waals surface area contributed by atoms with Gasteiger partial charge < -0.3 is 20.6 Å². The molecule has 5 heteroatoms. The van der Waals surface area contributed by atoms with Crippen LogP contribution < -0.4 is 5.32 Å². The van der Waals surface area contributed by atoms with Crippen molar-refractivity contribution in [3.8, 4) is 0 Å². The number of allylic oxidation sites excluding steroid dienone is 4. The van der Waals surface area contributed by atoms with Gasteiger partial charge in [-0.05, 0) is 44.9 Å². The maximum atomic E-state index is 12.6. The molecule has 0 rings (SSSR count). The third-order valence-corrected chi connectivity index (χ3v) is 13.6. The van der Waals surface area contributed by atoms with Gasteiger partial charge in [-0.15, -0.1) is 0 Å². The number of amides is 1. The van der Waals surface area contributed by atoms with Gasteiger partial charge in [-0.1, -0.05) is 295 Å². The summed E-state index contributed by atoms with van der Waals surface area (Å²) in [6.07, 6.45) is 68.0. The zero-order chi connectivity index (χ0) is 45.8. The molecule has 0 fully saturated rings. The lowest BCUT2D eigenvalue weighted by Gasteiger charge is -2.23. The Bertz CT molecular complexity index is 936. The van der Waals surface area contributed by atoms with Crippen LogP contribution in [0.5, 0.6) is 0 Å². The van der Waals surface area contributed by atoms with E-state index in [-0.39, 0.29) is 6.61 Å². The van der Waals surface area contributed by atoms with Gasteiger partial charge in [0.25, 0.3) is 0 Å². The molecule has 0 aliphatic rings. The van der Waals surface area contributed by atoms with Crippen LogP contribution in [0.4, 0.5) is 0 Å². The molecule has 1 amide bonds. The third kappa shape index (κ3) is 48.6. The largest absolute Gasteiger partial charge is 0.394 e. The quantitative estimate of drug-likeness (QED) is 0.0362. The number of aliphatic hydroxyl groups is 3. The zero-order valence-corrected chi connectivity index (χ0v) is 42.7. The predicted octanol–water partition coefficient (Wildman–Crippen LogP) is 17.7. The first kappa shape index (κ1) is 61.8. The van der Waals surface area contributed by atoms with Crippen LogP contribution in [0.3, 0.4) is 0 Å². The molecule has 374 valence electrons. The minimum Gasteiger partial charge on any atom is -0.394 e. The molecule has 5 nitrogen and oxygen atoms in total. The van der Waals surface area contributed by atoms with E-state index in [1.165, 1.54) is 250 Å². The highest BCUT2D eigenvalue weighted by atomic mass is 16.3.